The Labute approximate surface area is 110 Å². The van der Waals surface area contributed by atoms with Crippen LogP contribution in [0.4, 0.5) is 0 Å². The number of rotatable bonds is 4. The third-order valence-corrected chi connectivity index (χ3v) is 2.64. The summed E-state index contributed by atoms with van der Waals surface area (Å²) < 4.78 is 5.52. The van der Waals surface area contributed by atoms with E-state index in [1.54, 1.807) is 42.5 Å². The molecule has 0 unspecified atom stereocenters. The fraction of sp³-hybridized carbons (Fsp3) is 0.0667. The first kappa shape index (κ1) is 12.7. The van der Waals surface area contributed by atoms with Gasteiger partial charge in [0.2, 0.25) is 0 Å². The molecule has 0 aromatic heterocycles. The molecule has 0 fully saturated rings. The van der Waals surface area contributed by atoms with Crippen LogP contribution in [0.2, 0.25) is 0 Å². The Bertz CT molecular complexity index is 644. The molecule has 2 aromatic carbocycles. The van der Waals surface area contributed by atoms with E-state index in [1.807, 2.05) is 6.07 Å². The van der Waals surface area contributed by atoms with Gasteiger partial charge in [0.1, 0.15) is 18.4 Å². The van der Waals surface area contributed by atoms with Crippen molar-refractivity contribution in [3.05, 3.63) is 65.2 Å². The van der Waals surface area contributed by atoms with Crippen molar-refractivity contribution in [2.24, 2.45) is 0 Å². The van der Waals surface area contributed by atoms with Gasteiger partial charge in [0.15, 0.2) is 0 Å². The van der Waals surface area contributed by atoms with Crippen molar-refractivity contribution < 1.29 is 14.6 Å². The molecule has 19 heavy (non-hydrogen) atoms. The molecule has 0 aliphatic rings. The Balaban J connectivity index is 2.20. The molecule has 0 amide bonds. The van der Waals surface area contributed by atoms with E-state index in [9.17, 15) is 4.79 Å². The van der Waals surface area contributed by atoms with Crippen molar-refractivity contribution in [2.75, 3.05) is 0 Å². The highest BCUT2D eigenvalue weighted by Gasteiger charge is 2.10. The summed E-state index contributed by atoms with van der Waals surface area (Å²) in [5, 5.41) is 18.0. The third-order valence-electron chi connectivity index (χ3n) is 2.64. The number of carbonyl (C=O) groups is 1. The number of nitrogens with zero attached hydrogens (tertiary/aromatic N) is 1. The summed E-state index contributed by atoms with van der Waals surface area (Å²) in [7, 11) is 0. The third kappa shape index (κ3) is 2.90. The molecule has 1 N–H and O–H groups in total. The normalized spacial score (nSPS) is 9.63. The topological polar surface area (TPSA) is 70.3 Å². The predicted molar refractivity (Wildman–Crippen MR) is 68.9 cm³/mol. The first-order valence-corrected chi connectivity index (χ1v) is 5.65. The molecule has 0 spiro atoms. The fourth-order valence-corrected chi connectivity index (χ4v) is 1.70. The van der Waals surface area contributed by atoms with Crippen LogP contribution in [0, 0.1) is 11.3 Å². The maximum absolute atomic E-state index is 11.0. The van der Waals surface area contributed by atoms with Crippen molar-refractivity contribution in [3.8, 4) is 11.8 Å². The summed E-state index contributed by atoms with van der Waals surface area (Å²) in [6.45, 7) is 0.112. The van der Waals surface area contributed by atoms with Gasteiger partial charge in [-0.15, -0.1) is 0 Å². The number of carboxylic acids is 1. The first-order valence-electron chi connectivity index (χ1n) is 5.65. The molecule has 94 valence electrons. The van der Waals surface area contributed by atoms with Crippen LogP contribution in [-0.2, 0) is 6.61 Å². The molecule has 0 aliphatic carbocycles. The average molecular weight is 253 g/mol. The summed E-state index contributed by atoms with van der Waals surface area (Å²) in [6.07, 6.45) is 0. The van der Waals surface area contributed by atoms with E-state index in [1.165, 1.54) is 6.07 Å². The number of nitriles is 1. The Morgan fingerprint density at radius 3 is 2.58 bits per heavy atom. The zero-order valence-electron chi connectivity index (χ0n) is 10.0. The Hall–Kier alpha value is -2.80. The molecule has 0 atom stereocenters. The maximum Gasteiger partial charge on any atom is 0.336 e. The first-order chi connectivity index (χ1) is 9.22. The zero-order chi connectivity index (χ0) is 13.7. The largest absolute Gasteiger partial charge is 0.487 e. The van der Waals surface area contributed by atoms with Gasteiger partial charge in [-0.25, -0.2) is 4.79 Å². The van der Waals surface area contributed by atoms with Crippen LogP contribution in [0.3, 0.4) is 0 Å². The molecule has 0 aliphatic heterocycles. The van der Waals surface area contributed by atoms with Gasteiger partial charge >= 0.3 is 5.97 Å². The Kier molecular flexibility index (Phi) is 3.79. The van der Waals surface area contributed by atoms with E-state index >= 15 is 0 Å². The van der Waals surface area contributed by atoms with Crippen LogP contribution < -0.4 is 4.74 Å². The molecule has 0 heterocycles. The van der Waals surface area contributed by atoms with E-state index in [0.717, 1.165) is 0 Å². The second kappa shape index (κ2) is 5.69. The van der Waals surface area contributed by atoms with Crippen LogP contribution in [0.25, 0.3) is 0 Å². The second-order valence-electron chi connectivity index (χ2n) is 3.86. The van der Waals surface area contributed by atoms with E-state index < -0.39 is 5.97 Å². The standard InChI is InChI=1S/C15H11NO3/c16-9-11-5-2-4-8-14(11)19-10-12-6-1-3-7-13(12)15(17)18/h1-8H,10H2,(H,17,18). The highest BCUT2D eigenvalue weighted by atomic mass is 16.5. The number of hydrogen-bond donors (Lipinski definition) is 1. The molecule has 4 nitrogen and oxygen atoms in total. The van der Waals surface area contributed by atoms with Crippen LogP contribution in [0.5, 0.6) is 5.75 Å². The Morgan fingerprint density at radius 1 is 1.16 bits per heavy atom. The van der Waals surface area contributed by atoms with Crippen molar-refractivity contribution in [3.63, 3.8) is 0 Å². The van der Waals surface area contributed by atoms with E-state index in [-0.39, 0.29) is 12.2 Å². The lowest BCUT2D eigenvalue weighted by molar-refractivity contribution is 0.0694. The molecular weight excluding hydrogens is 242 g/mol. The highest BCUT2D eigenvalue weighted by Crippen LogP contribution is 2.19. The summed E-state index contributed by atoms with van der Waals surface area (Å²) in [5.74, 6) is -0.544. The van der Waals surface area contributed by atoms with Gasteiger partial charge in [0, 0.05) is 5.56 Å². The minimum atomic E-state index is -0.993. The van der Waals surface area contributed by atoms with Crippen LogP contribution in [0.15, 0.2) is 48.5 Å². The molecular formula is C15H11NO3. The summed E-state index contributed by atoms with van der Waals surface area (Å²) in [4.78, 5) is 11.0. The number of para-hydroxylation sites is 1. The summed E-state index contributed by atoms with van der Waals surface area (Å²) >= 11 is 0. The maximum atomic E-state index is 11.0. The van der Waals surface area contributed by atoms with Gasteiger partial charge in [-0.1, -0.05) is 30.3 Å². The lowest BCUT2D eigenvalue weighted by Gasteiger charge is -2.09. The van der Waals surface area contributed by atoms with Crippen molar-refractivity contribution in [1.82, 2.24) is 0 Å². The lowest BCUT2D eigenvalue weighted by Crippen LogP contribution is -2.05. The number of ether oxygens (including phenoxy) is 1. The summed E-state index contributed by atoms with van der Waals surface area (Å²) in [5.41, 5.74) is 1.20. The van der Waals surface area contributed by atoms with Crippen molar-refractivity contribution >= 4 is 5.97 Å². The number of hydrogen-bond acceptors (Lipinski definition) is 3. The average Bonchev–Trinajstić information content (AvgIpc) is 2.45. The molecule has 0 bridgehead atoms. The van der Waals surface area contributed by atoms with Crippen LogP contribution in [-0.4, -0.2) is 11.1 Å². The predicted octanol–water partition coefficient (Wildman–Crippen LogP) is 2.84. The van der Waals surface area contributed by atoms with Crippen LogP contribution in [0.1, 0.15) is 21.5 Å². The van der Waals surface area contributed by atoms with E-state index in [0.29, 0.717) is 16.9 Å². The van der Waals surface area contributed by atoms with Crippen molar-refractivity contribution in [2.45, 2.75) is 6.61 Å². The van der Waals surface area contributed by atoms with Gasteiger partial charge < -0.3 is 9.84 Å². The van der Waals surface area contributed by atoms with Crippen molar-refractivity contribution in [1.29, 1.82) is 5.26 Å². The smallest absolute Gasteiger partial charge is 0.336 e. The SMILES string of the molecule is N#Cc1ccccc1OCc1ccccc1C(=O)O. The van der Waals surface area contributed by atoms with Gasteiger partial charge in [0.05, 0.1) is 11.1 Å². The quantitative estimate of drug-likeness (QED) is 0.909. The van der Waals surface area contributed by atoms with Gasteiger partial charge in [0.25, 0.3) is 0 Å². The second-order valence-corrected chi connectivity index (χ2v) is 3.86. The van der Waals surface area contributed by atoms with E-state index in [2.05, 4.69) is 0 Å². The monoisotopic (exact) mass is 253 g/mol. The molecule has 2 rings (SSSR count). The zero-order valence-corrected chi connectivity index (χ0v) is 10.0. The minimum absolute atomic E-state index is 0.112. The van der Waals surface area contributed by atoms with E-state index in [4.69, 9.17) is 15.1 Å². The van der Waals surface area contributed by atoms with Crippen LogP contribution >= 0.6 is 0 Å². The lowest BCUT2D eigenvalue weighted by atomic mass is 10.1. The highest BCUT2D eigenvalue weighted by molar-refractivity contribution is 5.89. The van der Waals surface area contributed by atoms with Gasteiger partial charge in [-0.05, 0) is 18.2 Å². The molecule has 0 saturated heterocycles. The van der Waals surface area contributed by atoms with Gasteiger partial charge in [-0.2, -0.15) is 5.26 Å². The number of aromatic carboxylic acids is 1. The Morgan fingerprint density at radius 2 is 1.84 bits per heavy atom. The molecule has 0 saturated carbocycles. The summed E-state index contributed by atoms with van der Waals surface area (Å²) in [6, 6.07) is 15.5. The van der Waals surface area contributed by atoms with Gasteiger partial charge in [-0.3, -0.25) is 0 Å². The number of carboxylic acid groups (broad SMARTS) is 1. The minimum Gasteiger partial charge on any atom is -0.487 e. The molecule has 4 heteroatoms. The number of benzene rings is 2. The molecule has 2 aromatic rings. The molecule has 0 radical (unpaired) electrons. The fourth-order valence-electron chi connectivity index (χ4n) is 1.70.